The number of hydrogen-bond acceptors (Lipinski definition) is 21. The molecule has 59 heavy (non-hydrogen) atoms. The summed E-state index contributed by atoms with van der Waals surface area (Å²) in [6, 6.07) is -0.859. The van der Waals surface area contributed by atoms with E-state index in [2.05, 4.69) is 39.6 Å². The standard InChI is InChI=1S/C26H46N11O18P3S/c1-26(2,19(40)22(41)32-5-3-15(38)31-6-8-59-24(42)13(27)4-7-50-36-25(29)30)10-52-58(48,49)55-57(46,47)51-9-14-18(54-56(43,44)45)17(39)23(53-14)37-12-35-16-20(28)33-11-34-21(16)37/h11-14,17-19,23,39-40H,3-10,27H2,1-2H3,(H,31,38)(H,32,41)(H,46,47)(H,48,49)(H2,28,33,34)(H4,29,30,36)(H2,43,44,45). The zero-order valence-electron chi connectivity index (χ0n) is 31.2. The van der Waals surface area contributed by atoms with E-state index in [1.54, 1.807) is 0 Å². The molecule has 0 aromatic carbocycles. The van der Waals surface area contributed by atoms with Gasteiger partial charge in [-0.05, 0) is 5.16 Å². The molecule has 29 nitrogen and oxygen atoms in total. The molecule has 0 radical (unpaired) electrons. The van der Waals surface area contributed by atoms with Gasteiger partial charge in [-0.2, -0.15) is 4.31 Å². The number of phosphoric acid groups is 3. The van der Waals surface area contributed by atoms with Gasteiger partial charge in [0.05, 0.1) is 25.6 Å². The second kappa shape index (κ2) is 21.4. The normalized spacial score (nSPS) is 21.5. The monoisotopic (exact) mass is 925 g/mol. The van der Waals surface area contributed by atoms with E-state index < -0.39 is 90.6 Å². The number of ether oxygens (including phenoxy) is 1. The van der Waals surface area contributed by atoms with Gasteiger partial charge < -0.3 is 72.9 Å². The molecular weight excluding hydrogens is 879 g/mol. The number of guanidine groups is 1. The van der Waals surface area contributed by atoms with Crippen LogP contribution in [-0.4, -0.2) is 141 Å². The van der Waals surface area contributed by atoms with E-state index >= 15 is 0 Å². The van der Waals surface area contributed by atoms with Crippen LogP contribution in [0.2, 0.25) is 0 Å². The fourth-order valence-corrected chi connectivity index (χ4v) is 8.37. The van der Waals surface area contributed by atoms with Crippen LogP contribution < -0.4 is 33.6 Å². The first kappa shape index (κ1) is 49.9. The van der Waals surface area contributed by atoms with Gasteiger partial charge in [-0.25, -0.2) is 28.6 Å². The molecule has 2 aromatic rings. The van der Waals surface area contributed by atoms with Crippen LogP contribution in [0.1, 0.15) is 32.9 Å². The molecule has 0 saturated carbocycles. The number of thioether (sulfide) groups is 1. The van der Waals surface area contributed by atoms with Crippen LogP contribution in [0, 0.1) is 5.41 Å². The number of nitrogens with two attached hydrogens (primary N) is 4. The molecule has 16 N–H and O–H groups in total. The average molecular weight is 926 g/mol. The average Bonchev–Trinajstić information content (AvgIpc) is 3.69. The maximum absolute atomic E-state index is 12.7. The van der Waals surface area contributed by atoms with Crippen LogP contribution in [0.25, 0.3) is 11.2 Å². The molecule has 1 saturated heterocycles. The number of carbonyl (C=O) groups excluding carboxylic acids is 3. The Kier molecular flexibility index (Phi) is 18.1. The molecule has 8 atom stereocenters. The van der Waals surface area contributed by atoms with Gasteiger partial charge in [0.2, 0.25) is 22.9 Å². The third-order valence-electron chi connectivity index (χ3n) is 7.74. The Labute approximate surface area is 338 Å². The maximum atomic E-state index is 12.7. The van der Waals surface area contributed by atoms with Gasteiger partial charge >= 0.3 is 23.5 Å². The summed E-state index contributed by atoms with van der Waals surface area (Å²) in [4.78, 5) is 92.5. The molecule has 2 amide bonds. The van der Waals surface area contributed by atoms with Crippen molar-refractivity contribution in [3.63, 3.8) is 0 Å². The summed E-state index contributed by atoms with van der Waals surface area (Å²) in [5.74, 6) is -1.67. The third kappa shape index (κ3) is 15.9. The Hall–Kier alpha value is -3.41. The minimum atomic E-state index is -5.59. The number of aromatic nitrogens is 4. The van der Waals surface area contributed by atoms with Crippen LogP contribution >= 0.6 is 35.2 Å². The zero-order chi connectivity index (χ0) is 44.3. The zero-order valence-corrected chi connectivity index (χ0v) is 34.7. The van der Waals surface area contributed by atoms with E-state index in [1.165, 1.54) is 13.8 Å². The number of hydrogen-bond donors (Lipinski definition) is 12. The summed E-state index contributed by atoms with van der Waals surface area (Å²) in [7, 11) is -16.5. The number of aliphatic hydroxyl groups is 2. The smallest absolute Gasteiger partial charge is 0.393 e. The number of nitrogen functional groups attached to an aromatic ring is 1. The Balaban J connectivity index is 1.45. The number of nitrogens with one attached hydrogen (secondary N) is 2. The van der Waals surface area contributed by atoms with E-state index in [1.807, 2.05) is 0 Å². The van der Waals surface area contributed by atoms with E-state index in [-0.39, 0.29) is 66.3 Å². The van der Waals surface area contributed by atoms with Gasteiger partial charge in [0.1, 0.15) is 42.9 Å². The van der Waals surface area contributed by atoms with Crippen molar-refractivity contribution in [1.82, 2.24) is 30.2 Å². The molecular formula is C26H46N11O18P3S. The number of aliphatic hydroxyl groups excluding tert-OH is 2. The molecule has 0 aliphatic carbocycles. The Morgan fingerprint density at radius 1 is 1.07 bits per heavy atom. The highest BCUT2D eigenvalue weighted by atomic mass is 32.2. The van der Waals surface area contributed by atoms with Gasteiger partial charge in [0.15, 0.2) is 17.7 Å². The van der Waals surface area contributed by atoms with Crippen LogP contribution in [0.5, 0.6) is 0 Å². The highest BCUT2D eigenvalue weighted by Gasteiger charge is 2.50. The Morgan fingerprint density at radius 3 is 2.41 bits per heavy atom. The number of nitrogens with zero attached hydrogens (tertiary/aromatic N) is 5. The third-order valence-corrected chi connectivity index (χ3v) is 11.8. The Bertz CT molecular complexity index is 1950. The lowest BCUT2D eigenvalue weighted by Gasteiger charge is -2.30. The van der Waals surface area contributed by atoms with Crippen molar-refractivity contribution in [1.29, 1.82) is 0 Å². The van der Waals surface area contributed by atoms with Gasteiger partial charge in [-0.3, -0.25) is 32.5 Å². The van der Waals surface area contributed by atoms with Crippen molar-refractivity contribution in [3.05, 3.63) is 12.7 Å². The summed E-state index contributed by atoms with van der Waals surface area (Å²) in [6.45, 7) is 0.238. The van der Waals surface area contributed by atoms with Crippen LogP contribution in [-0.2, 0) is 55.5 Å². The topological polar surface area (TPSA) is 463 Å². The van der Waals surface area contributed by atoms with Crippen molar-refractivity contribution in [2.24, 2.45) is 27.8 Å². The van der Waals surface area contributed by atoms with Gasteiger partial charge in [-0.1, -0.05) is 25.6 Å². The lowest BCUT2D eigenvalue weighted by molar-refractivity contribution is -0.137. The first-order chi connectivity index (χ1) is 27.3. The summed E-state index contributed by atoms with van der Waals surface area (Å²) in [5, 5.41) is 29.2. The summed E-state index contributed by atoms with van der Waals surface area (Å²) >= 11 is 0.877. The van der Waals surface area contributed by atoms with Crippen LogP contribution in [0.4, 0.5) is 5.82 Å². The van der Waals surface area contributed by atoms with Crippen molar-refractivity contribution in [2.75, 3.05) is 44.4 Å². The number of carbonyl (C=O) groups is 3. The SMILES string of the molecule is CC(C)(COP(=O)(O)OP(=O)(O)OCC1OC(n2cnc3c(N)ncnc32)C(O)C1OP(=O)(O)O)C(O)C(=O)NCCC(=O)NCCSC(=O)C(N)CCON=C(N)N. The summed E-state index contributed by atoms with van der Waals surface area (Å²) in [6.07, 6.45) is -6.94. The minimum Gasteiger partial charge on any atom is -0.393 e. The highest BCUT2D eigenvalue weighted by molar-refractivity contribution is 8.13. The van der Waals surface area contributed by atoms with Crippen molar-refractivity contribution in [3.8, 4) is 0 Å². The highest BCUT2D eigenvalue weighted by Crippen LogP contribution is 2.61. The van der Waals surface area contributed by atoms with Crippen LogP contribution in [0.3, 0.4) is 0 Å². The lowest BCUT2D eigenvalue weighted by atomic mass is 9.87. The second-order valence-electron chi connectivity index (χ2n) is 13.0. The molecule has 3 heterocycles. The molecule has 0 bridgehead atoms. The predicted molar refractivity (Wildman–Crippen MR) is 201 cm³/mol. The van der Waals surface area contributed by atoms with E-state index in [9.17, 15) is 57.9 Å². The quantitative estimate of drug-likeness (QED) is 0.0160. The van der Waals surface area contributed by atoms with E-state index in [0.717, 1.165) is 29.0 Å². The van der Waals surface area contributed by atoms with Gasteiger partial charge in [-0.15, -0.1) is 0 Å². The summed E-state index contributed by atoms with van der Waals surface area (Å²) in [5.41, 5.74) is 20.2. The number of rotatable bonds is 24. The lowest BCUT2D eigenvalue weighted by Crippen LogP contribution is -2.46. The molecule has 3 rings (SSSR count). The fourth-order valence-electron chi connectivity index (χ4n) is 4.81. The molecule has 8 unspecified atom stereocenters. The molecule has 1 fully saturated rings. The molecule has 1 aliphatic heterocycles. The number of anilines is 1. The first-order valence-electron chi connectivity index (χ1n) is 16.8. The van der Waals surface area contributed by atoms with Gasteiger partial charge in [0, 0.05) is 37.1 Å². The van der Waals surface area contributed by atoms with E-state index in [4.69, 9.17) is 41.6 Å². The number of imidazole rings is 1. The largest absolute Gasteiger partial charge is 0.481 e. The van der Waals surface area contributed by atoms with Gasteiger partial charge in [0.25, 0.3) is 0 Å². The molecule has 0 spiro atoms. The molecule has 1 aliphatic rings. The molecule has 33 heteroatoms. The number of oxime groups is 1. The number of phosphoric ester groups is 3. The molecule has 334 valence electrons. The van der Waals surface area contributed by atoms with Crippen molar-refractivity contribution < 1.29 is 85.3 Å². The maximum Gasteiger partial charge on any atom is 0.481 e. The summed E-state index contributed by atoms with van der Waals surface area (Å²) < 4.78 is 62.1. The first-order valence-corrected chi connectivity index (χ1v) is 22.3. The minimum absolute atomic E-state index is 0.00534. The van der Waals surface area contributed by atoms with Crippen molar-refractivity contribution >= 4 is 75.1 Å². The van der Waals surface area contributed by atoms with Crippen molar-refractivity contribution in [2.45, 2.75) is 63.4 Å². The number of amides is 2. The molecule has 2 aromatic heterocycles. The fraction of sp³-hybridized carbons (Fsp3) is 0.654. The van der Waals surface area contributed by atoms with Crippen LogP contribution in [0.15, 0.2) is 17.8 Å². The number of fused-ring (bicyclic) bond motifs is 1. The Morgan fingerprint density at radius 2 is 1.75 bits per heavy atom. The second-order valence-corrected chi connectivity index (χ2v) is 18.3. The van der Waals surface area contributed by atoms with E-state index in [0.29, 0.717) is 0 Å². The predicted octanol–water partition coefficient (Wildman–Crippen LogP) is -3.41.